The van der Waals surface area contributed by atoms with E-state index in [1.165, 1.54) is 12.3 Å². The number of ether oxygens (including phenoxy) is 3. The summed E-state index contributed by atoms with van der Waals surface area (Å²) in [5, 5.41) is 4.13. The van der Waals surface area contributed by atoms with Gasteiger partial charge in [0.15, 0.2) is 11.5 Å². The van der Waals surface area contributed by atoms with Crippen molar-refractivity contribution < 1.29 is 23.4 Å². The summed E-state index contributed by atoms with van der Waals surface area (Å²) < 4.78 is 22.5. The van der Waals surface area contributed by atoms with Crippen LogP contribution >= 0.6 is 11.6 Å². The molecule has 0 unspecified atom stereocenters. The minimum absolute atomic E-state index is 0.315. The van der Waals surface area contributed by atoms with E-state index in [1.54, 1.807) is 39.7 Å². The number of benzene rings is 2. The number of amides is 1. The van der Waals surface area contributed by atoms with Crippen molar-refractivity contribution in [3.8, 4) is 28.4 Å². The topological polar surface area (TPSA) is 82.8 Å². The molecule has 0 atom stereocenters. The predicted molar refractivity (Wildman–Crippen MR) is 138 cm³/mol. The minimum atomic E-state index is -0.315. The van der Waals surface area contributed by atoms with Crippen LogP contribution < -0.4 is 19.5 Å². The number of aromatic nitrogens is 1. The van der Waals surface area contributed by atoms with Crippen LogP contribution in [-0.4, -0.2) is 32.2 Å². The molecule has 0 aliphatic heterocycles. The van der Waals surface area contributed by atoms with Crippen LogP contribution in [0.1, 0.15) is 18.1 Å². The molecule has 35 heavy (non-hydrogen) atoms. The van der Waals surface area contributed by atoms with Crippen LogP contribution in [0.3, 0.4) is 0 Å². The SMILES string of the molecule is COc1ccc(-c2coc3c(C)c(OC)c(/C(C)=C/C(=O)Nc4ccc(Cl)cn4)cc23)cc1OC. The van der Waals surface area contributed by atoms with Crippen LogP contribution in [0.15, 0.2) is 59.4 Å². The average molecular weight is 493 g/mol. The van der Waals surface area contributed by atoms with Crippen molar-refractivity contribution in [2.24, 2.45) is 0 Å². The number of nitrogens with one attached hydrogen (secondary N) is 1. The summed E-state index contributed by atoms with van der Waals surface area (Å²) in [4.78, 5) is 16.8. The minimum Gasteiger partial charge on any atom is -0.496 e. The molecule has 180 valence electrons. The van der Waals surface area contributed by atoms with Gasteiger partial charge in [0.2, 0.25) is 5.91 Å². The Kier molecular flexibility index (Phi) is 6.98. The molecule has 0 saturated carbocycles. The van der Waals surface area contributed by atoms with Crippen molar-refractivity contribution in [3.05, 3.63) is 71.1 Å². The molecule has 0 aliphatic carbocycles. The van der Waals surface area contributed by atoms with Crippen molar-refractivity contribution >= 4 is 39.9 Å². The number of anilines is 1. The normalized spacial score (nSPS) is 11.4. The summed E-state index contributed by atoms with van der Waals surface area (Å²) in [7, 11) is 4.79. The fourth-order valence-electron chi connectivity index (χ4n) is 3.99. The van der Waals surface area contributed by atoms with Crippen LogP contribution in [0.25, 0.3) is 27.7 Å². The molecule has 2 aromatic carbocycles. The van der Waals surface area contributed by atoms with Crippen LogP contribution in [-0.2, 0) is 4.79 Å². The van der Waals surface area contributed by atoms with Gasteiger partial charge >= 0.3 is 0 Å². The lowest BCUT2D eigenvalue weighted by molar-refractivity contribution is -0.111. The number of hydrogen-bond donors (Lipinski definition) is 1. The van der Waals surface area contributed by atoms with Crippen molar-refractivity contribution in [1.82, 2.24) is 4.98 Å². The van der Waals surface area contributed by atoms with E-state index >= 15 is 0 Å². The zero-order valence-electron chi connectivity index (χ0n) is 20.1. The first kappa shape index (κ1) is 24.2. The zero-order valence-corrected chi connectivity index (χ0v) is 20.8. The highest BCUT2D eigenvalue weighted by atomic mass is 35.5. The van der Waals surface area contributed by atoms with E-state index in [0.29, 0.717) is 33.7 Å². The quantitative estimate of drug-likeness (QED) is 0.295. The first-order chi connectivity index (χ1) is 16.9. The maximum absolute atomic E-state index is 12.7. The van der Waals surface area contributed by atoms with E-state index < -0.39 is 0 Å². The van der Waals surface area contributed by atoms with Gasteiger partial charge in [-0.05, 0) is 55.3 Å². The molecule has 4 aromatic rings. The third-order valence-electron chi connectivity index (χ3n) is 5.69. The molecule has 0 bridgehead atoms. The largest absolute Gasteiger partial charge is 0.496 e. The van der Waals surface area contributed by atoms with E-state index in [1.807, 2.05) is 38.1 Å². The first-order valence-electron chi connectivity index (χ1n) is 10.8. The Balaban J connectivity index is 1.77. The fraction of sp³-hybridized carbons (Fsp3) is 0.185. The van der Waals surface area contributed by atoms with E-state index in [-0.39, 0.29) is 5.91 Å². The Labute approximate surface area is 208 Å². The van der Waals surface area contributed by atoms with Crippen LogP contribution in [0.5, 0.6) is 17.2 Å². The van der Waals surface area contributed by atoms with E-state index in [2.05, 4.69) is 10.3 Å². The van der Waals surface area contributed by atoms with Gasteiger partial charge in [0.25, 0.3) is 0 Å². The van der Waals surface area contributed by atoms with Gasteiger partial charge in [0.1, 0.15) is 17.2 Å². The van der Waals surface area contributed by atoms with Gasteiger partial charge in [0, 0.05) is 34.3 Å². The molecule has 8 heteroatoms. The van der Waals surface area contributed by atoms with Gasteiger partial charge in [-0.1, -0.05) is 17.7 Å². The summed E-state index contributed by atoms with van der Waals surface area (Å²) in [6.45, 7) is 3.78. The Morgan fingerprint density at radius 3 is 2.49 bits per heavy atom. The third-order valence-corrected chi connectivity index (χ3v) is 5.92. The molecule has 0 spiro atoms. The molecule has 1 N–H and O–H groups in total. The van der Waals surface area contributed by atoms with E-state index in [9.17, 15) is 4.79 Å². The average Bonchev–Trinajstić information content (AvgIpc) is 3.29. The van der Waals surface area contributed by atoms with Gasteiger partial charge in [0.05, 0.1) is 32.6 Å². The van der Waals surface area contributed by atoms with Crippen LogP contribution in [0.4, 0.5) is 5.82 Å². The second-order valence-electron chi connectivity index (χ2n) is 7.86. The van der Waals surface area contributed by atoms with Crippen molar-refractivity contribution in [3.63, 3.8) is 0 Å². The highest BCUT2D eigenvalue weighted by Crippen LogP contribution is 2.42. The lowest BCUT2D eigenvalue weighted by atomic mass is 9.96. The summed E-state index contributed by atoms with van der Waals surface area (Å²) in [6, 6.07) is 11.0. The standard InChI is InChI=1S/C27H25ClN2O5/c1-15(10-25(31)30-24-9-7-18(28)13-29-24)19-12-20-21(14-35-27(20)16(2)26(19)34-5)17-6-8-22(32-3)23(11-17)33-4/h6-14H,1-5H3,(H,29,30,31)/b15-10+. The molecule has 0 fully saturated rings. The Hall–Kier alpha value is -3.97. The molecule has 0 aliphatic rings. The monoisotopic (exact) mass is 492 g/mol. The number of hydrogen-bond acceptors (Lipinski definition) is 6. The number of nitrogens with zero attached hydrogens (tertiary/aromatic N) is 1. The van der Waals surface area contributed by atoms with Crippen LogP contribution in [0, 0.1) is 6.92 Å². The summed E-state index contributed by atoms with van der Waals surface area (Å²) in [5.41, 5.74) is 4.83. The third kappa shape index (κ3) is 4.81. The van der Waals surface area contributed by atoms with Gasteiger partial charge < -0.3 is 23.9 Å². The maximum atomic E-state index is 12.7. The zero-order chi connectivity index (χ0) is 25.1. The van der Waals surface area contributed by atoms with E-state index in [4.69, 9.17) is 30.2 Å². The number of pyridine rings is 1. The summed E-state index contributed by atoms with van der Waals surface area (Å²) in [5.74, 6) is 1.99. The number of methoxy groups -OCH3 is 3. The number of fused-ring (bicyclic) bond motifs is 1. The first-order valence-corrected chi connectivity index (χ1v) is 11.2. The molecule has 1 amide bonds. The Morgan fingerprint density at radius 1 is 1.06 bits per heavy atom. The summed E-state index contributed by atoms with van der Waals surface area (Å²) in [6.07, 6.45) is 4.69. The number of furan rings is 1. The number of aryl methyl sites for hydroxylation is 1. The van der Waals surface area contributed by atoms with Crippen LogP contribution in [0.2, 0.25) is 5.02 Å². The number of carbonyl (C=O) groups excluding carboxylic acids is 1. The predicted octanol–water partition coefficient (Wildman–Crippen LogP) is 6.52. The van der Waals surface area contributed by atoms with Gasteiger partial charge in [-0.2, -0.15) is 0 Å². The second kappa shape index (κ2) is 10.1. The number of rotatable bonds is 7. The number of halogens is 1. The lowest BCUT2D eigenvalue weighted by Crippen LogP contribution is -2.10. The fourth-order valence-corrected chi connectivity index (χ4v) is 4.10. The molecule has 0 saturated heterocycles. The molecule has 7 nitrogen and oxygen atoms in total. The molecular weight excluding hydrogens is 468 g/mol. The van der Waals surface area contributed by atoms with Crippen molar-refractivity contribution in [1.29, 1.82) is 0 Å². The van der Waals surface area contributed by atoms with Gasteiger partial charge in [-0.25, -0.2) is 4.98 Å². The molecule has 2 heterocycles. The maximum Gasteiger partial charge on any atom is 0.249 e. The molecular formula is C27H25ClN2O5. The smallest absolute Gasteiger partial charge is 0.249 e. The van der Waals surface area contributed by atoms with Gasteiger partial charge in [-0.15, -0.1) is 0 Å². The van der Waals surface area contributed by atoms with Crippen molar-refractivity contribution in [2.75, 3.05) is 26.6 Å². The lowest BCUT2D eigenvalue weighted by Gasteiger charge is -2.14. The highest BCUT2D eigenvalue weighted by Gasteiger charge is 2.19. The second-order valence-corrected chi connectivity index (χ2v) is 8.29. The van der Waals surface area contributed by atoms with Gasteiger partial charge in [-0.3, -0.25) is 4.79 Å². The Bertz CT molecular complexity index is 1420. The van der Waals surface area contributed by atoms with E-state index in [0.717, 1.165) is 33.2 Å². The summed E-state index contributed by atoms with van der Waals surface area (Å²) >= 11 is 5.87. The molecule has 0 radical (unpaired) electrons. The molecule has 4 rings (SSSR count). The number of carbonyl (C=O) groups is 1. The number of allylic oxidation sites excluding steroid dienone is 1. The van der Waals surface area contributed by atoms with Crippen molar-refractivity contribution in [2.45, 2.75) is 13.8 Å². The highest BCUT2D eigenvalue weighted by molar-refractivity contribution is 6.30. The Morgan fingerprint density at radius 2 is 1.83 bits per heavy atom. The molecule has 2 aromatic heterocycles.